The number of hydrogen-bond acceptors (Lipinski definition) is 1. The number of aliphatic imine (C=N–C) groups is 1. The number of nitrogens with zero attached hydrogens (tertiary/aromatic N) is 2. The minimum Gasteiger partial charge on any atom is -0.357 e. The zero-order chi connectivity index (χ0) is 12.1. The molecule has 1 aliphatic carbocycles. The Kier molecular flexibility index (Phi) is 4.30. The molecule has 1 saturated carbocycles. The minimum atomic E-state index is 0.668. The van der Waals surface area contributed by atoms with Crippen LogP contribution in [0.1, 0.15) is 52.4 Å². The SMILES string of the molecule is CCCCN=C(NCC)N1CCC2(CCC2)C1. The molecule has 17 heavy (non-hydrogen) atoms. The van der Waals surface area contributed by atoms with Crippen molar-refractivity contribution in [3.05, 3.63) is 0 Å². The van der Waals surface area contributed by atoms with Crippen LogP contribution in [0.3, 0.4) is 0 Å². The van der Waals surface area contributed by atoms with Crippen LogP contribution in [0.15, 0.2) is 4.99 Å². The fourth-order valence-corrected chi connectivity index (χ4v) is 2.97. The summed E-state index contributed by atoms with van der Waals surface area (Å²) in [5.74, 6) is 1.16. The highest BCUT2D eigenvalue weighted by molar-refractivity contribution is 5.80. The minimum absolute atomic E-state index is 0.668. The summed E-state index contributed by atoms with van der Waals surface area (Å²) < 4.78 is 0. The van der Waals surface area contributed by atoms with Crippen LogP contribution in [0.5, 0.6) is 0 Å². The highest BCUT2D eigenvalue weighted by atomic mass is 15.3. The maximum absolute atomic E-state index is 4.74. The van der Waals surface area contributed by atoms with E-state index in [4.69, 9.17) is 4.99 Å². The number of nitrogens with one attached hydrogen (secondary N) is 1. The summed E-state index contributed by atoms with van der Waals surface area (Å²) in [4.78, 5) is 7.23. The van der Waals surface area contributed by atoms with E-state index in [2.05, 4.69) is 24.1 Å². The van der Waals surface area contributed by atoms with Crippen molar-refractivity contribution < 1.29 is 0 Å². The van der Waals surface area contributed by atoms with Gasteiger partial charge in [-0.1, -0.05) is 19.8 Å². The number of hydrogen-bond donors (Lipinski definition) is 1. The predicted molar refractivity (Wildman–Crippen MR) is 73.4 cm³/mol. The second-order valence-corrected chi connectivity index (χ2v) is 5.61. The molecule has 0 bridgehead atoms. The van der Waals surface area contributed by atoms with Crippen molar-refractivity contribution in [2.45, 2.75) is 52.4 Å². The molecule has 1 saturated heterocycles. The number of likely N-dealkylation sites (tertiary alicyclic amines) is 1. The highest BCUT2D eigenvalue weighted by Crippen LogP contribution is 2.47. The van der Waals surface area contributed by atoms with Crippen LogP contribution in [0.2, 0.25) is 0 Å². The molecule has 0 aromatic carbocycles. The van der Waals surface area contributed by atoms with E-state index in [0.29, 0.717) is 5.41 Å². The Balaban J connectivity index is 1.89. The van der Waals surface area contributed by atoms with Gasteiger partial charge in [0.05, 0.1) is 0 Å². The van der Waals surface area contributed by atoms with E-state index in [0.717, 1.165) is 19.0 Å². The summed E-state index contributed by atoms with van der Waals surface area (Å²) in [5.41, 5.74) is 0.668. The summed E-state index contributed by atoms with van der Waals surface area (Å²) in [6.07, 6.45) is 8.14. The third kappa shape index (κ3) is 2.93. The van der Waals surface area contributed by atoms with Crippen molar-refractivity contribution in [1.29, 1.82) is 0 Å². The van der Waals surface area contributed by atoms with Gasteiger partial charge in [-0.15, -0.1) is 0 Å². The zero-order valence-electron chi connectivity index (χ0n) is 11.5. The summed E-state index contributed by atoms with van der Waals surface area (Å²) >= 11 is 0. The van der Waals surface area contributed by atoms with E-state index in [1.165, 1.54) is 51.6 Å². The van der Waals surface area contributed by atoms with Crippen molar-refractivity contribution in [2.24, 2.45) is 10.4 Å². The van der Waals surface area contributed by atoms with Crippen LogP contribution in [0.25, 0.3) is 0 Å². The molecule has 0 unspecified atom stereocenters. The van der Waals surface area contributed by atoms with Crippen LogP contribution in [0, 0.1) is 5.41 Å². The zero-order valence-corrected chi connectivity index (χ0v) is 11.5. The largest absolute Gasteiger partial charge is 0.357 e. The lowest BCUT2D eigenvalue weighted by atomic mass is 9.68. The van der Waals surface area contributed by atoms with Crippen molar-refractivity contribution in [3.8, 4) is 0 Å². The first kappa shape index (κ1) is 12.7. The number of unbranched alkanes of at least 4 members (excludes halogenated alkanes) is 1. The molecule has 1 spiro atoms. The molecule has 98 valence electrons. The van der Waals surface area contributed by atoms with Gasteiger partial charge in [-0.05, 0) is 38.0 Å². The average molecular weight is 237 g/mol. The first-order valence-electron chi connectivity index (χ1n) is 7.33. The quantitative estimate of drug-likeness (QED) is 0.462. The van der Waals surface area contributed by atoms with E-state index >= 15 is 0 Å². The van der Waals surface area contributed by atoms with Crippen LogP contribution < -0.4 is 5.32 Å². The topological polar surface area (TPSA) is 27.6 Å². The average Bonchev–Trinajstić information content (AvgIpc) is 2.73. The summed E-state index contributed by atoms with van der Waals surface area (Å²) in [5, 5.41) is 3.45. The monoisotopic (exact) mass is 237 g/mol. The van der Waals surface area contributed by atoms with Crippen molar-refractivity contribution in [3.63, 3.8) is 0 Å². The Morgan fingerprint density at radius 1 is 1.29 bits per heavy atom. The van der Waals surface area contributed by atoms with E-state index in [9.17, 15) is 0 Å². The summed E-state index contributed by atoms with van der Waals surface area (Å²) in [6.45, 7) is 8.78. The van der Waals surface area contributed by atoms with Gasteiger partial charge in [-0.25, -0.2) is 0 Å². The fraction of sp³-hybridized carbons (Fsp3) is 0.929. The maximum atomic E-state index is 4.74. The van der Waals surface area contributed by atoms with Crippen LogP contribution in [-0.4, -0.2) is 37.0 Å². The Morgan fingerprint density at radius 2 is 2.12 bits per heavy atom. The summed E-state index contributed by atoms with van der Waals surface area (Å²) in [7, 11) is 0. The van der Waals surface area contributed by atoms with Gasteiger partial charge >= 0.3 is 0 Å². The highest BCUT2D eigenvalue weighted by Gasteiger charge is 2.43. The van der Waals surface area contributed by atoms with Crippen molar-refractivity contribution >= 4 is 5.96 Å². The van der Waals surface area contributed by atoms with E-state index in [-0.39, 0.29) is 0 Å². The van der Waals surface area contributed by atoms with E-state index in [1.54, 1.807) is 0 Å². The number of guanidine groups is 1. The molecule has 1 heterocycles. The van der Waals surface area contributed by atoms with Gasteiger partial charge in [0.2, 0.25) is 0 Å². The molecule has 0 radical (unpaired) electrons. The molecule has 3 nitrogen and oxygen atoms in total. The molecule has 0 aromatic rings. The molecular formula is C14H27N3. The van der Waals surface area contributed by atoms with E-state index < -0.39 is 0 Å². The van der Waals surface area contributed by atoms with Crippen LogP contribution in [-0.2, 0) is 0 Å². The predicted octanol–water partition coefficient (Wildman–Crippen LogP) is 2.63. The molecule has 2 rings (SSSR count). The summed E-state index contributed by atoms with van der Waals surface area (Å²) in [6, 6.07) is 0. The smallest absolute Gasteiger partial charge is 0.193 e. The third-order valence-corrected chi connectivity index (χ3v) is 4.26. The molecule has 2 aliphatic rings. The molecular weight excluding hydrogens is 210 g/mol. The lowest BCUT2D eigenvalue weighted by Gasteiger charge is -2.38. The Hall–Kier alpha value is -0.730. The molecule has 2 fully saturated rings. The first-order valence-corrected chi connectivity index (χ1v) is 7.33. The van der Waals surface area contributed by atoms with E-state index in [1.807, 2.05) is 0 Å². The Morgan fingerprint density at radius 3 is 2.65 bits per heavy atom. The van der Waals surface area contributed by atoms with Gasteiger partial charge in [-0.2, -0.15) is 0 Å². The Bertz CT molecular complexity index is 269. The van der Waals surface area contributed by atoms with Gasteiger partial charge in [0.1, 0.15) is 0 Å². The number of rotatable bonds is 4. The normalized spacial score (nSPS) is 22.9. The Labute approximate surface area is 106 Å². The van der Waals surface area contributed by atoms with Crippen molar-refractivity contribution in [1.82, 2.24) is 10.2 Å². The second kappa shape index (κ2) is 5.74. The molecule has 1 N–H and O–H groups in total. The van der Waals surface area contributed by atoms with Gasteiger partial charge in [0.25, 0.3) is 0 Å². The molecule has 0 atom stereocenters. The van der Waals surface area contributed by atoms with Gasteiger partial charge in [0.15, 0.2) is 5.96 Å². The molecule has 0 amide bonds. The lowest BCUT2D eigenvalue weighted by Crippen LogP contribution is -2.42. The second-order valence-electron chi connectivity index (χ2n) is 5.61. The standard InChI is InChI=1S/C14H27N3/c1-3-5-10-16-13(15-4-2)17-11-9-14(12-17)7-6-8-14/h3-12H2,1-2H3,(H,15,16). The molecule has 0 aromatic heterocycles. The van der Waals surface area contributed by atoms with Crippen LogP contribution >= 0.6 is 0 Å². The lowest BCUT2D eigenvalue weighted by molar-refractivity contribution is 0.151. The molecule has 3 heteroatoms. The first-order chi connectivity index (χ1) is 8.29. The third-order valence-electron chi connectivity index (χ3n) is 4.26. The van der Waals surface area contributed by atoms with Crippen LogP contribution in [0.4, 0.5) is 0 Å². The van der Waals surface area contributed by atoms with Gasteiger partial charge < -0.3 is 10.2 Å². The van der Waals surface area contributed by atoms with Gasteiger partial charge in [0, 0.05) is 26.2 Å². The fourth-order valence-electron chi connectivity index (χ4n) is 2.97. The van der Waals surface area contributed by atoms with Gasteiger partial charge in [-0.3, -0.25) is 4.99 Å². The molecule has 1 aliphatic heterocycles. The maximum Gasteiger partial charge on any atom is 0.193 e. The van der Waals surface area contributed by atoms with Crippen molar-refractivity contribution in [2.75, 3.05) is 26.2 Å².